The van der Waals surface area contributed by atoms with Crippen LogP contribution in [0, 0.1) is 10.1 Å². The quantitative estimate of drug-likeness (QED) is 0.210. The molecule has 0 unspecified atom stereocenters. The van der Waals surface area contributed by atoms with Crippen LogP contribution in [0.5, 0.6) is 11.5 Å². The zero-order valence-electron chi connectivity index (χ0n) is 15.5. The van der Waals surface area contributed by atoms with Gasteiger partial charge in [0, 0.05) is 18.9 Å². The molecule has 162 valence electrons. The van der Waals surface area contributed by atoms with Gasteiger partial charge in [0.15, 0.2) is 11.6 Å². The molecule has 11 heteroatoms. The van der Waals surface area contributed by atoms with Crippen molar-refractivity contribution in [3.63, 3.8) is 0 Å². The second-order valence-corrected chi connectivity index (χ2v) is 7.01. The van der Waals surface area contributed by atoms with E-state index in [4.69, 9.17) is 16.3 Å². The van der Waals surface area contributed by atoms with E-state index in [1.165, 1.54) is 0 Å². The van der Waals surface area contributed by atoms with Gasteiger partial charge in [-0.2, -0.15) is 13.2 Å². The number of rotatable bonds is 4. The number of nitro groups is 1. The van der Waals surface area contributed by atoms with Crippen LogP contribution in [0.15, 0.2) is 42.0 Å². The molecule has 1 aliphatic rings. The minimum absolute atomic E-state index is 0.0102. The fourth-order valence-electron chi connectivity index (χ4n) is 3.03. The van der Waals surface area contributed by atoms with Crippen molar-refractivity contribution in [3.8, 4) is 11.5 Å². The van der Waals surface area contributed by atoms with Gasteiger partial charge in [-0.15, -0.1) is 0 Å². The first-order valence-electron chi connectivity index (χ1n) is 8.82. The van der Waals surface area contributed by atoms with E-state index in [0.29, 0.717) is 12.5 Å². The number of hydrogen-bond donors (Lipinski definition) is 1. The van der Waals surface area contributed by atoms with Crippen molar-refractivity contribution in [1.29, 1.82) is 0 Å². The lowest BCUT2D eigenvalue weighted by Gasteiger charge is -2.15. The number of aliphatic hydroxyl groups excluding tert-OH is 1. The first kappa shape index (κ1) is 22.3. The van der Waals surface area contributed by atoms with Crippen LogP contribution < -0.4 is 4.74 Å². The lowest BCUT2D eigenvalue weighted by Crippen LogP contribution is -2.20. The van der Waals surface area contributed by atoms with E-state index >= 15 is 0 Å². The van der Waals surface area contributed by atoms with Crippen molar-refractivity contribution in [2.45, 2.75) is 25.4 Å². The van der Waals surface area contributed by atoms with Crippen molar-refractivity contribution >= 4 is 34.6 Å². The van der Waals surface area contributed by atoms with E-state index < -0.39 is 50.8 Å². The Bertz CT molecular complexity index is 1110. The molecule has 0 heterocycles. The molecule has 0 radical (unpaired) electrons. The number of nitrogens with zero attached hydrogens (tertiary/aromatic N) is 1. The predicted molar refractivity (Wildman–Crippen MR) is 103 cm³/mol. The van der Waals surface area contributed by atoms with Gasteiger partial charge in [0.2, 0.25) is 0 Å². The van der Waals surface area contributed by atoms with E-state index in [0.717, 1.165) is 30.3 Å². The molecular weight excluding hydrogens is 443 g/mol. The number of Topliss-reactive ketones (excluding diaryl/α,β-unsaturated/α-hetero) is 2. The van der Waals surface area contributed by atoms with E-state index in [-0.39, 0.29) is 29.4 Å². The Labute approximate surface area is 177 Å². The molecule has 0 amide bonds. The number of allylic oxidation sites excluding steroid dienone is 1. The van der Waals surface area contributed by atoms with Gasteiger partial charge >= 0.3 is 6.18 Å². The average molecular weight is 456 g/mol. The first-order valence-corrected chi connectivity index (χ1v) is 9.20. The molecule has 1 aliphatic carbocycles. The summed E-state index contributed by atoms with van der Waals surface area (Å²) in [5.74, 6) is -2.43. The zero-order valence-corrected chi connectivity index (χ0v) is 16.3. The molecular formula is C20H13ClF3NO6. The monoisotopic (exact) mass is 455 g/mol. The number of halogens is 4. The molecule has 0 aromatic heterocycles. The average Bonchev–Trinajstić information content (AvgIpc) is 2.68. The highest BCUT2D eigenvalue weighted by Crippen LogP contribution is 2.38. The Morgan fingerprint density at radius 1 is 1.10 bits per heavy atom. The van der Waals surface area contributed by atoms with Crippen LogP contribution >= 0.6 is 11.6 Å². The number of alkyl halides is 3. The maximum absolute atomic E-state index is 12.8. The molecule has 3 rings (SSSR count). The molecule has 1 saturated carbocycles. The summed E-state index contributed by atoms with van der Waals surface area (Å²) in [5.41, 5.74) is -2.56. The second-order valence-electron chi connectivity index (χ2n) is 6.60. The number of nitro benzene ring substituents is 1. The van der Waals surface area contributed by atoms with Crippen molar-refractivity contribution in [3.05, 3.63) is 68.2 Å². The van der Waals surface area contributed by atoms with Crippen LogP contribution in [0.25, 0.3) is 5.76 Å². The molecule has 0 aliphatic heterocycles. The van der Waals surface area contributed by atoms with Crippen molar-refractivity contribution in [1.82, 2.24) is 0 Å². The van der Waals surface area contributed by atoms with Crippen LogP contribution in [-0.2, 0) is 15.8 Å². The summed E-state index contributed by atoms with van der Waals surface area (Å²) in [5, 5.41) is 21.5. The molecule has 0 atom stereocenters. The van der Waals surface area contributed by atoms with Gasteiger partial charge < -0.3 is 9.84 Å². The topological polar surface area (TPSA) is 107 Å². The Morgan fingerprint density at radius 3 is 2.29 bits per heavy atom. The van der Waals surface area contributed by atoms with Crippen molar-refractivity contribution in [2.75, 3.05) is 0 Å². The fourth-order valence-corrected chi connectivity index (χ4v) is 3.25. The Hall–Kier alpha value is -3.40. The molecule has 7 nitrogen and oxygen atoms in total. The van der Waals surface area contributed by atoms with Gasteiger partial charge in [0.05, 0.1) is 21.1 Å². The van der Waals surface area contributed by atoms with Gasteiger partial charge in [-0.3, -0.25) is 19.7 Å². The fraction of sp³-hybridized carbons (Fsp3) is 0.200. The molecule has 2 aromatic carbocycles. The van der Waals surface area contributed by atoms with Crippen LogP contribution in [0.4, 0.5) is 18.9 Å². The standard InChI is InChI=1S/C20H13ClF3NO6/c21-13-8-10(20(22,23)24)4-7-17(13)31-11-5-6-14(25(29)30)12(9-11)19(28)18-15(26)2-1-3-16(18)27/h4-9,28H,1-3H2. The second kappa shape index (κ2) is 8.38. The number of hydrogen-bond acceptors (Lipinski definition) is 6. The third-order valence-electron chi connectivity index (χ3n) is 4.51. The van der Waals surface area contributed by atoms with Gasteiger partial charge in [-0.25, -0.2) is 0 Å². The molecule has 0 bridgehead atoms. The lowest BCUT2D eigenvalue weighted by molar-refractivity contribution is -0.385. The molecule has 1 N–H and O–H groups in total. The number of ether oxygens (including phenoxy) is 1. The number of ketones is 2. The van der Waals surface area contributed by atoms with Crippen molar-refractivity contribution in [2.24, 2.45) is 0 Å². The van der Waals surface area contributed by atoms with Gasteiger partial charge in [-0.1, -0.05) is 11.6 Å². The van der Waals surface area contributed by atoms with Crippen LogP contribution in [-0.4, -0.2) is 21.6 Å². The largest absolute Gasteiger partial charge is 0.506 e. The summed E-state index contributed by atoms with van der Waals surface area (Å²) in [6.45, 7) is 0. The number of carbonyl (C=O) groups excluding carboxylic acids is 2. The number of carbonyl (C=O) groups is 2. The minimum atomic E-state index is -4.61. The van der Waals surface area contributed by atoms with E-state index in [2.05, 4.69) is 0 Å². The van der Waals surface area contributed by atoms with Crippen LogP contribution in [0.1, 0.15) is 30.4 Å². The molecule has 1 fully saturated rings. The van der Waals surface area contributed by atoms with Gasteiger partial charge in [-0.05, 0) is 36.8 Å². The van der Waals surface area contributed by atoms with Crippen LogP contribution in [0.3, 0.4) is 0 Å². The normalized spacial score (nSPS) is 14.5. The summed E-state index contributed by atoms with van der Waals surface area (Å²) >= 11 is 5.85. The summed E-state index contributed by atoms with van der Waals surface area (Å²) in [6, 6.07) is 5.48. The number of benzene rings is 2. The van der Waals surface area contributed by atoms with Crippen LogP contribution in [0.2, 0.25) is 5.02 Å². The van der Waals surface area contributed by atoms with E-state index in [1.807, 2.05) is 0 Å². The SMILES string of the molecule is O=C1CCCC(=O)C1=C(O)c1cc(Oc2ccc(C(F)(F)F)cc2Cl)ccc1[N+](=O)[O-]. The maximum Gasteiger partial charge on any atom is 0.416 e. The third-order valence-corrected chi connectivity index (χ3v) is 4.80. The zero-order chi connectivity index (χ0) is 22.9. The Balaban J connectivity index is 2.04. The first-order chi connectivity index (χ1) is 14.5. The third kappa shape index (κ3) is 4.69. The Morgan fingerprint density at radius 2 is 1.74 bits per heavy atom. The van der Waals surface area contributed by atoms with E-state index in [1.54, 1.807) is 0 Å². The Kier molecular flexibility index (Phi) is 6.03. The molecule has 31 heavy (non-hydrogen) atoms. The molecule has 2 aromatic rings. The predicted octanol–water partition coefficient (Wildman–Crippen LogP) is 5.65. The highest BCUT2D eigenvalue weighted by atomic mass is 35.5. The highest BCUT2D eigenvalue weighted by molar-refractivity contribution is 6.32. The van der Waals surface area contributed by atoms with E-state index in [9.17, 15) is 38.0 Å². The summed E-state index contributed by atoms with van der Waals surface area (Å²) in [4.78, 5) is 34.7. The maximum atomic E-state index is 12.8. The highest BCUT2D eigenvalue weighted by Gasteiger charge is 2.32. The smallest absolute Gasteiger partial charge is 0.416 e. The minimum Gasteiger partial charge on any atom is -0.506 e. The van der Waals surface area contributed by atoms with Gasteiger partial charge in [0.25, 0.3) is 5.69 Å². The van der Waals surface area contributed by atoms with Crippen molar-refractivity contribution < 1.29 is 37.5 Å². The lowest BCUT2D eigenvalue weighted by atomic mass is 9.89. The molecule has 0 saturated heterocycles. The summed E-state index contributed by atoms with van der Waals surface area (Å²) in [7, 11) is 0. The molecule has 0 spiro atoms. The van der Waals surface area contributed by atoms with Gasteiger partial charge in [0.1, 0.15) is 22.8 Å². The summed E-state index contributed by atoms with van der Waals surface area (Å²) < 4.78 is 43.7. The summed E-state index contributed by atoms with van der Waals surface area (Å²) in [6.07, 6.45) is -4.28. The number of aliphatic hydroxyl groups is 1.